The standard InChI is InChI=1S/C12H24N2O/c1-9(2)12(5-6-12)8-14-10(15)11(3,4)7-13/h9H,5-8,13H2,1-4H3,(H,14,15). The Labute approximate surface area is 92.8 Å². The van der Waals surface area contributed by atoms with E-state index in [1.54, 1.807) is 0 Å². The van der Waals surface area contributed by atoms with Crippen molar-refractivity contribution in [2.45, 2.75) is 40.5 Å². The molecule has 0 aromatic rings. The third-order valence-corrected chi connectivity index (χ3v) is 3.84. The summed E-state index contributed by atoms with van der Waals surface area (Å²) >= 11 is 0. The number of amides is 1. The summed E-state index contributed by atoms with van der Waals surface area (Å²) in [5.74, 6) is 0.732. The summed E-state index contributed by atoms with van der Waals surface area (Å²) in [6.07, 6.45) is 2.49. The molecule has 0 aromatic carbocycles. The van der Waals surface area contributed by atoms with Gasteiger partial charge >= 0.3 is 0 Å². The Morgan fingerprint density at radius 2 is 2.00 bits per heavy atom. The Balaban J connectivity index is 2.41. The fourth-order valence-corrected chi connectivity index (χ4v) is 1.71. The highest BCUT2D eigenvalue weighted by molar-refractivity contribution is 5.82. The van der Waals surface area contributed by atoms with Crippen molar-refractivity contribution < 1.29 is 4.79 Å². The molecule has 1 amide bonds. The number of rotatable bonds is 5. The van der Waals surface area contributed by atoms with Gasteiger partial charge in [0.05, 0.1) is 5.41 Å². The lowest BCUT2D eigenvalue weighted by atomic mass is 9.90. The van der Waals surface area contributed by atoms with E-state index in [1.807, 2.05) is 13.8 Å². The molecule has 0 aliphatic heterocycles. The van der Waals surface area contributed by atoms with E-state index in [4.69, 9.17) is 5.73 Å². The zero-order chi connectivity index (χ0) is 11.7. The van der Waals surface area contributed by atoms with Gasteiger partial charge < -0.3 is 11.1 Å². The molecule has 0 aromatic heterocycles. The molecule has 0 heterocycles. The van der Waals surface area contributed by atoms with Gasteiger partial charge in [0.1, 0.15) is 0 Å². The Morgan fingerprint density at radius 3 is 2.33 bits per heavy atom. The van der Waals surface area contributed by atoms with Crippen LogP contribution in [0.3, 0.4) is 0 Å². The van der Waals surface area contributed by atoms with Gasteiger partial charge in [-0.25, -0.2) is 0 Å². The third-order valence-electron chi connectivity index (χ3n) is 3.84. The van der Waals surface area contributed by atoms with Crippen LogP contribution in [0.1, 0.15) is 40.5 Å². The van der Waals surface area contributed by atoms with Crippen LogP contribution in [-0.4, -0.2) is 19.0 Å². The summed E-state index contributed by atoms with van der Waals surface area (Å²) in [5, 5.41) is 3.04. The number of nitrogens with two attached hydrogens (primary N) is 1. The average molecular weight is 212 g/mol. The number of hydrogen-bond donors (Lipinski definition) is 2. The summed E-state index contributed by atoms with van der Waals surface area (Å²) < 4.78 is 0. The van der Waals surface area contributed by atoms with E-state index in [0.29, 0.717) is 17.9 Å². The van der Waals surface area contributed by atoms with Gasteiger partial charge in [-0.05, 0) is 38.0 Å². The van der Waals surface area contributed by atoms with E-state index < -0.39 is 5.41 Å². The van der Waals surface area contributed by atoms with E-state index in [2.05, 4.69) is 19.2 Å². The van der Waals surface area contributed by atoms with Crippen LogP contribution in [0, 0.1) is 16.7 Å². The molecular formula is C12H24N2O. The van der Waals surface area contributed by atoms with Gasteiger partial charge in [0.15, 0.2) is 0 Å². The Morgan fingerprint density at radius 1 is 1.47 bits per heavy atom. The maximum absolute atomic E-state index is 11.8. The topological polar surface area (TPSA) is 55.1 Å². The minimum atomic E-state index is -0.437. The molecule has 88 valence electrons. The van der Waals surface area contributed by atoms with Crippen molar-refractivity contribution in [1.29, 1.82) is 0 Å². The van der Waals surface area contributed by atoms with Crippen LogP contribution in [0.4, 0.5) is 0 Å². The highest BCUT2D eigenvalue weighted by atomic mass is 16.2. The molecule has 1 aliphatic carbocycles. The smallest absolute Gasteiger partial charge is 0.226 e. The van der Waals surface area contributed by atoms with Crippen molar-refractivity contribution in [3.63, 3.8) is 0 Å². The van der Waals surface area contributed by atoms with Crippen molar-refractivity contribution in [3.05, 3.63) is 0 Å². The summed E-state index contributed by atoms with van der Waals surface area (Å²) in [6, 6.07) is 0. The predicted molar refractivity (Wildman–Crippen MR) is 62.4 cm³/mol. The van der Waals surface area contributed by atoms with Crippen LogP contribution in [0.5, 0.6) is 0 Å². The van der Waals surface area contributed by atoms with Crippen LogP contribution >= 0.6 is 0 Å². The van der Waals surface area contributed by atoms with Crippen LogP contribution in [0.15, 0.2) is 0 Å². The van der Waals surface area contributed by atoms with Crippen molar-refractivity contribution >= 4 is 5.91 Å². The minimum Gasteiger partial charge on any atom is -0.355 e. The SMILES string of the molecule is CC(C)C1(CNC(=O)C(C)(C)CN)CC1. The third kappa shape index (κ3) is 2.71. The van der Waals surface area contributed by atoms with E-state index in [-0.39, 0.29) is 5.91 Å². The van der Waals surface area contributed by atoms with E-state index in [1.165, 1.54) is 12.8 Å². The van der Waals surface area contributed by atoms with E-state index in [0.717, 1.165) is 6.54 Å². The lowest BCUT2D eigenvalue weighted by molar-refractivity contribution is -0.129. The first-order valence-electron chi connectivity index (χ1n) is 5.82. The molecule has 3 nitrogen and oxygen atoms in total. The lowest BCUT2D eigenvalue weighted by Crippen LogP contribution is -2.44. The van der Waals surface area contributed by atoms with Crippen LogP contribution in [0.2, 0.25) is 0 Å². The van der Waals surface area contributed by atoms with Crippen LogP contribution in [0.25, 0.3) is 0 Å². The van der Waals surface area contributed by atoms with Crippen molar-refractivity contribution in [3.8, 4) is 0 Å². The molecule has 0 unspecified atom stereocenters. The Bertz CT molecular complexity index is 242. The predicted octanol–water partition coefficient (Wildman–Crippen LogP) is 1.52. The van der Waals surface area contributed by atoms with E-state index in [9.17, 15) is 4.79 Å². The highest BCUT2D eigenvalue weighted by Gasteiger charge is 2.45. The molecule has 0 radical (unpaired) electrons. The largest absolute Gasteiger partial charge is 0.355 e. The van der Waals surface area contributed by atoms with Gasteiger partial charge in [-0.2, -0.15) is 0 Å². The average Bonchev–Trinajstić information content (AvgIpc) is 2.95. The van der Waals surface area contributed by atoms with Gasteiger partial charge in [-0.15, -0.1) is 0 Å². The summed E-state index contributed by atoms with van der Waals surface area (Å²) in [6.45, 7) is 9.44. The second-order valence-electron chi connectivity index (χ2n) is 5.79. The molecule has 1 rings (SSSR count). The molecule has 1 fully saturated rings. The Hall–Kier alpha value is -0.570. The lowest BCUT2D eigenvalue weighted by Gasteiger charge is -2.25. The minimum absolute atomic E-state index is 0.0805. The van der Waals surface area contributed by atoms with Crippen molar-refractivity contribution in [2.24, 2.45) is 22.5 Å². The maximum Gasteiger partial charge on any atom is 0.226 e. The molecular weight excluding hydrogens is 188 g/mol. The molecule has 0 saturated heterocycles. The van der Waals surface area contributed by atoms with Gasteiger partial charge in [-0.3, -0.25) is 4.79 Å². The second kappa shape index (κ2) is 4.12. The van der Waals surface area contributed by atoms with Gasteiger partial charge in [-0.1, -0.05) is 13.8 Å². The molecule has 0 bridgehead atoms. The molecule has 0 spiro atoms. The van der Waals surface area contributed by atoms with Crippen LogP contribution in [-0.2, 0) is 4.79 Å². The first kappa shape index (κ1) is 12.5. The van der Waals surface area contributed by atoms with Gasteiger partial charge in [0, 0.05) is 13.1 Å². The van der Waals surface area contributed by atoms with Crippen molar-refractivity contribution in [2.75, 3.05) is 13.1 Å². The molecule has 15 heavy (non-hydrogen) atoms. The summed E-state index contributed by atoms with van der Waals surface area (Å²) in [7, 11) is 0. The quantitative estimate of drug-likeness (QED) is 0.726. The van der Waals surface area contributed by atoms with Crippen LogP contribution < -0.4 is 11.1 Å². The number of nitrogens with one attached hydrogen (secondary N) is 1. The highest BCUT2D eigenvalue weighted by Crippen LogP contribution is 2.51. The van der Waals surface area contributed by atoms with Gasteiger partial charge in [0.2, 0.25) is 5.91 Å². The number of carbonyl (C=O) groups excluding carboxylic acids is 1. The van der Waals surface area contributed by atoms with Gasteiger partial charge in [0.25, 0.3) is 0 Å². The summed E-state index contributed by atoms with van der Waals surface area (Å²) in [5.41, 5.74) is 5.50. The zero-order valence-corrected chi connectivity index (χ0v) is 10.4. The molecule has 0 atom stereocenters. The molecule has 1 aliphatic rings. The number of hydrogen-bond acceptors (Lipinski definition) is 2. The first-order valence-corrected chi connectivity index (χ1v) is 5.82. The molecule has 1 saturated carbocycles. The maximum atomic E-state index is 11.8. The van der Waals surface area contributed by atoms with E-state index >= 15 is 0 Å². The summed E-state index contributed by atoms with van der Waals surface area (Å²) in [4.78, 5) is 11.8. The molecule has 3 heteroatoms. The molecule has 3 N–H and O–H groups in total. The first-order chi connectivity index (χ1) is 6.84. The normalized spacial score (nSPS) is 19.1. The Kier molecular flexibility index (Phi) is 3.44. The fourth-order valence-electron chi connectivity index (χ4n) is 1.71. The number of carbonyl (C=O) groups is 1. The fraction of sp³-hybridized carbons (Fsp3) is 0.917. The monoisotopic (exact) mass is 212 g/mol. The second-order valence-corrected chi connectivity index (χ2v) is 5.79. The van der Waals surface area contributed by atoms with Crippen molar-refractivity contribution in [1.82, 2.24) is 5.32 Å². The zero-order valence-electron chi connectivity index (χ0n) is 10.4.